The number of hydrogen-bond acceptors (Lipinski definition) is 5. The van der Waals surface area contributed by atoms with Gasteiger partial charge in [0.25, 0.3) is 11.8 Å². The van der Waals surface area contributed by atoms with Gasteiger partial charge in [-0.3, -0.25) is 14.6 Å². The highest BCUT2D eigenvalue weighted by atomic mass is 16.5. The standard InChI is InChI=1S/C19H22N4O3/c1-14-5-3-7-21-17(14)19(25)23-10-4-9-22(11-12-23)18(24)15-6-8-20-16(13-15)26-2/h3,5-8,13H,4,9-12H2,1-2H3. The maximum atomic E-state index is 12.7. The first-order valence-corrected chi connectivity index (χ1v) is 8.60. The van der Waals surface area contributed by atoms with E-state index in [-0.39, 0.29) is 11.8 Å². The number of aryl methyl sites for hydroxylation is 1. The number of carbonyl (C=O) groups excluding carboxylic acids is 2. The molecule has 1 aliphatic rings. The van der Waals surface area contributed by atoms with Crippen molar-refractivity contribution in [3.05, 3.63) is 53.5 Å². The minimum Gasteiger partial charge on any atom is -0.481 e. The number of pyridine rings is 2. The van der Waals surface area contributed by atoms with E-state index < -0.39 is 0 Å². The second-order valence-corrected chi connectivity index (χ2v) is 6.19. The quantitative estimate of drug-likeness (QED) is 0.840. The molecule has 2 aromatic heterocycles. The Labute approximate surface area is 152 Å². The normalized spacial score (nSPS) is 14.7. The van der Waals surface area contributed by atoms with E-state index in [1.807, 2.05) is 19.1 Å². The molecule has 0 bridgehead atoms. The van der Waals surface area contributed by atoms with Gasteiger partial charge in [-0.15, -0.1) is 0 Å². The van der Waals surface area contributed by atoms with Crippen molar-refractivity contribution in [1.29, 1.82) is 0 Å². The Kier molecular flexibility index (Phi) is 5.46. The maximum Gasteiger partial charge on any atom is 0.272 e. The summed E-state index contributed by atoms with van der Waals surface area (Å²) in [5, 5.41) is 0. The molecule has 136 valence electrons. The monoisotopic (exact) mass is 354 g/mol. The van der Waals surface area contributed by atoms with Crippen molar-refractivity contribution >= 4 is 11.8 Å². The lowest BCUT2D eigenvalue weighted by atomic mass is 10.2. The maximum absolute atomic E-state index is 12.7. The van der Waals surface area contributed by atoms with Crippen LogP contribution in [0.3, 0.4) is 0 Å². The number of amides is 2. The summed E-state index contributed by atoms with van der Waals surface area (Å²) in [6.45, 7) is 4.07. The second kappa shape index (κ2) is 7.95. The van der Waals surface area contributed by atoms with Crippen LogP contribution < -0.4 is 4.74 Å². The van der Waals surface area contributed by atoms with Gasteiger partial charge in [-0.1, -0.05) is 6.07 Å². The molecule has 0 spiro atoms. The van der Waals surface area contributed by atoms with Crippen molar-refractivity contribution in [3.8, 4) is 5.88 Å². The third-order valence-corrected chi connectivity index (χ3v) is 4.47. The Bertz CT molecular complexity index is 809. The summed E-state index contributed by atoms with van der Waals surface area (Å²) in [7, 11) is 1.52. The molecule has 0 aromatic carbocycles. The molecule has 1 fully saturated rings. The highest BCUT2D eigenvalue weighted by Crippen LogP contribution is 2.15. The lowest BCUT2D eigenvalue weighted by molar-refractivity contribution is 0.0715. The summed E-state index contributed by atoms with van der Waals surface area (Å²) < 4.78 is 5.08. The molecule has 0 atom stereocenters. The van der Waals surface area contributed by atoms with Crippen LogP contribution in [0.1, 0.15) is 32.8 Å². The zero-order valence-corrected chi connectivity index (χ0v) is 15.0. The van der Waals surface area contributed by atoms with Crippen molar-refractivity contribution in [3.63, 3.8) is 0 Å². The Morgan fingerprint density at radius 1 is 1.00 bits per heavy atom. The van der Waals surface area contributed by atoms with E-state index >= 15 is 0 Å². The summed E-state index contributed by atoms with van der Waals surface area (Å²) in [4.78, 5) is 37.3. The first kappa shape index (κ1) is 17.8. The van der Waals surface area contributed by atoms with Crippen LogP contribution in [-0.2, 0) is 0 Å². The molecule has 0 saturated carbocycles. The number of methoxy groups -OCH3 is 1. The van der Waals surface area contributed by atoms with E-state index in [0.29, 0.717) is 43.3 Å². The second-order valence-electron chi connectivity index (χ2n) is 6.19. The summed E-state index contributed by atoms with van der Waals surface area (Å²) in [6.07, 6.45) is 3.92. The van der Waals surface area contributed by atoms with Crippen LogP contribution in [0.15, 0.2) is 36.7 Å². The highest BCUT2D eigenvalue weighted by Gasteiger charge is 2.25. The third-order valence-electron chi connectivity index (χ3n) is 4.47. The highest BCUT2D eigenvalue weighted by molar-refractivity contribution is 5.95. The molecule has 2 aromatic rings. The number of ether oxygens (including phenoxy) is 1. The third kappa shape index (κ3) is 3.82. The number of rotatable bonds is 3. The van der Waals surface area contributed by atoms with E-state index in [1.165, 1.54) is 7.11 Å². The first-order chi connectivity index (χ1) is 12.6. The van der Waals surface area contributed by atoms with E-state index in [2.05, 4.69) is 9.97 Å². The predicted octanol–water partition coefficient (Wildman–Crippen LogP) is 1.78. The van der Waals surface area contributed by atoms with Crippen LogP contribution in [0, 0.1) is 6.92 Å². The van der Waals surface area contributed by atoms with Crippen molar-refractivity contribution in [2.45, 2.75) is 13.3 Å². The van der Waals surface area contributed by atoms with Crippen LogP contribution in [0.5, 0.6) is 5.88 Å². The topological polar surface area (TPSA) is 75.6 Å². The van der Waals surface area contributed by atoms with Gasteiger partial charge in [0.05, 0.1) is 7.11 Å². The molecule has 3 rings (SSSR count). The minimum atomic E-state index is -0.0806. The molecule has 3 heterocycles. The Hall–Kier alpha value is -2.96. The van der Waals surface area contributed by atoms with Crippen molar-refractivity contribution < 1.29 is 14.3 Å². The number of aromatic nitrogens is 2. The summed E-state index contributed by atoms with van der Waals surface area (Å²) in [5.74, 6) is 0.255. The Morgan fingerprint density at radius 2 is 1.73 bits per heavy atom. The average Bonchev–Trinajstić information content (AvgIpc) is 2.93. The zero-order valence-electron chi connectivity index (χ0n) is 15.0. The van der Waals surface area contributed by atoms with Gasteiger partial charge in [0, 0.05) is 50.2 Å². The lowest BCUT2D eigenvalue weighted by Gasteiger charge is -2.22. The van der Waals surface area contributed by atoms with Gasteiger partial charge in [-0.05, 0) is 31.0 Å². The van der Waals surface area contributed by atoms with Gasteiger partial charge >= 0.3 is 0 Å². The minimum absolute atomic E-state index is 0.0750. The van der Waals surface area contributed by atoms with Crippen LogP contribution in [0.4, 0.5) is 0 Å². The van der Waals surface area contributed by atoms with E-state index in [0.717, 1.165) is 12.0 Å². The summed E-state index contributed by atoms with van der Waals surface area (Å²) >= 11 is 0. The smallest absolute Gasteiger partial charge is 0.272 e. The predicted molar refractivity (Wildman–Crippen MR) is 96.2 cm³/mol. The molecule has 1 aliphatic heterocycles. The van der Waals surface area contributed by atoms with Crippen LogP contribution in [0.2, 0.25) is 0 Å². The van der Waals surface area contributed by atoms with Gasteiger partial charge in [-0.2, -0.15) is 0 Å². The number of hydrogen-bond donors (Lipinski definition) is 0. The van der Waals surface area contributed by atoms with Gasteiger partial charge in [0.2, 0.25) is 5.88 Å². The molecule has 7 heteroatoms. The molecule has 7 nitrogen and oxygen atoms in total. The fourth-order valence-corrected chi connectivity index (χ4v) is 3.02. The van der Waals surface area contributed by atoms with Gasteiger partial charge in [0.1, 0.15) is 5.69 Å². The lowest BCUT2D eigenvalue weighted by Crippen LogP contribution is -2.37. The molecule has 1 saturated heterocycles. The molecule has 2 amide bonds. The molecule has 0 N–H and O–H groups in total. The molecule has 0 radical (unpaired) electrons. The van der Waals surface area contributed by atoms with E-state index in [4.69, 9.17) is 4.74 Å². The molecular weight excluding hydrogens is 332 g/mol. The SMILES string of the molecule is COc1cc(C(=O)N2CCCN(C(=O)c3ncccc3C)CC2)ccn1. The Balaban J connectivity index is 1.69. The fraction of sp³-hybridized carbons (Fsp3) is 0.368. The fourth-order valence-electron chi connectivity index (χ4n) is 3.02. The van der Waals surface area contributed by atoms with E-state index in [1.54, 1.807) is 34.3 Å². The van der Waals surface area contributed by atoms with Crippen LogP contribution in [0.25, 0.3) is 0 Å². The van der Waals surface area contributed by atoms with Crippen molar-refractivity contribution in [1.82, 2.24) is 19.8 Å². The van der Waals surface area contributed by atoms with Crippen molar-refractivity contribution in [2.75, 3.05) is 33.3 Å². The summed E-state index contributed by atoms with van der Waals surface area (Å²) in [6, 6.07) is 7.01. The van der Waals surface area contributed by atoms with Crippen LogP contribution in [-0.4, -0.2) is 64.9 Å². The zero-order chi connectivity index (χ0) is 18.5. The van der Waals surface area contributed by atoms with Crippen molar-refractivity contribution in [2.24, 2.45) is 0 Å². The average molecular weight is 354 g/mol. The van der Waals surface area contributed by atoms with Gasteiger partial charge in [-0.25, -0.2) is 4.98 Å². The summed E-state index contributed by atoms with van der Waals surface area (Å²) in [5.41, 5.74) is 1.88. The number of carbonyl (C=O) groups is 2. The van der Waals surface area contributed by atoms with Gasteiger partial charge < -0.3 is 14.5 Å². The van der Waals surface area contributed by atoms with Crippen LogP contribution >= 0.6 is 0 Å². The molecule has 0 unspecified atom stereocenters. The largest absolute Gasteiger partial charge is 0.481 e. The number of nitrogens with zero attached hydrogens (tertiary/aromatic N) is 4. The van der Waals surface area contributed by atoms with E-state index in [9.17, 15) is 9.59 Å². The molecular formula is C19H22N4O3. The molecule has 26 heavy (non-hydrogen) atoms. The first-order valence-electron chi connectivity index (χ1n) is 8.60. The molecule has 0 aliphatic carbocycles. The Morgan fingerprint density at radius 3 is 2.42 bits per heavy atom. The van der Waals surface area contributed by atoms with Gasteiger partial charge in [0.15, 0.2) is 0 Å².